The first-order valence-corrected chi connectivity index (χ1v) is 4.38. The van der Waals surface area contributed by atoms with Crippen LogP contribution >= 0.6 is 0 Å². The smallest absolute Gasteiger partial charge is 0.0468 e. The van der Waals surface area contributed by atoms with Gasteiger partial charge in [0.1, 0.15) is 0 Å². The van der Waals surface area contributed by atoms with Crippen LogP contribution in [0, 0.1) is 11.8 Å². The summed E-state index contributed by atoms with van der Waals surface area (Å²) in [7, 11) is 0. The Labute approximate surface area is 63.8 Å². The summed E-state index contributed by atoms with van der Waals surface area (Å²) in [4.78, 5) is 0. The van der Waals surface area contributed by atoms with E-state index in [-0.39, 0.29) is 0 Å². The topological polar surface area (TPSA) is 9.23 Å². The van der Waals surface area contributed by atoms with Crippen molar-refractivity contribution in [3.63, 3.8) is 0 Å². The van der Waals surface area contributed by atoms with Gasteiger partial charge in [0.2, 0.25) is 0 Å². The normalized spacial score (nSPS) is 28.5. The molecule has 0 aromatic carbocycles. The molecule has 0 N–H and O–H groups in total. The molecule has 1 fully saturated rings. The van der Waals surface area contributed by atoms with Crippen LogP contribution in [0.25, 0.3) is 0 Å². The van der Waals surface area contributed by atoms with Crippen molar-refractivity contribution in [1.29, 1.82) is 0 Å². The maximum Gasteiger partial charge on any atom is 0.0468 e. The van der Waals surface area contributed by atoms with Crippen LogP contribution in [-0.4, -0.2) is 13.2 Å². The second kappa shape index (κ2) is 3.97. The van der Waals surface area contributed by atoms with E-state index in [2.05, 4.69) is 13.8 Å². The first kappa shape index (κ1) is 8.06. The highest BCUT2D eigenvalue weighted by Gasteiger charge is 2.14. The van der Waals surface area contributed by atoms with Crippen LogP contribution in [0.5, 0.6) is 0 Å². The Morgan fingerprint density at radius 3 is 2.70 bits per heavy atom. The standard InChI is InChI=1S/C9H18O/c1-8(2)9-4-3-6-10-7-5-9/h8-9H,3-7H2,1-2H3. The lowest BCUT2D eigenvalue weighted by atomic mass is 9.89. The molecule has 0 saturated carbocycles. The Bertz CT molecular complexity index is 80.7. The zero-order chi connectivity index (χ0) is 7.40. The summed E-state index contributed by atoms with van der Waals surface area (Å²) in [5, 5.41) is 0. The number of rotatable bonds is 1. The molecule has 1 nitrogen and oxygen atoms in total. The molecule has 1 unspecified atom stereocenters. The predicted molar refractivity (Wildman–Crippen MR) is 43.0 cm³/mol. The Morgan fingerprint density at radius 1 is 1.20 bits per heavy atom. The third kappa shape index (κ3) is 2.30. The van der Waals surface area contributed by atoms with Crippen LogP contribution in [0.3, 0.4) is 0 Å². The van der Waals surface area contributed by atoms with E-state index in [1.165, 1.54) is 19.3 Å². The predicted octanol–water partition coefficient (Wildman–Crippen LogP) is 2.46. The quantitative estimate of drug-likeness (QED) is 0.546. The molecule has 1 aliphatic heterocycles. The molecule has 60 valence electrons. The van der Waals surface area contributed by atoms with Crippen molar-refractivity contribution >= 4 is 0 Å². The van der Waals surface area contributed by atoms with E-state index in [0.29, 0.717) is 0 Å². The highest BCUT2D eigenvalue weighted by Crippen LogP contribution is 2.22. The minimum absolute atomic E-state index is 0.849. The molecule has 0 aromatic heterocycles. The summed E-state index contributed by atoms with van der Waals surface area (Å²) in [6.07, 6.45) is 3.91. The second-order valence-corrected chi connectivity index (χ2v) is 3.55. The minimum atomic E-state index is 0.849. The maximum absolute atomic E-state index is 5.37. The lowest BCUT2D eigenvalue weighted by Crippen LogP contribution is -2.08. The largest absolute Gasteiger partial charge is 0.381 e. The van der Waals surface area contributed by atoms with Crippen LogP contribution < -0.4 is 0 Å². The van der Waals surface area contributed by atoms with E-state index in [1.54, 1.807) is 0 Å². The Kier molecular flexibility index (Phi) is 3.20. The van der Waals surface area contributed by atoms with Gasteiger partial charge in [-0.05, 0) is 31.1 Å². The van der Waals surface area contributed by atoms with Crippen molar-refractivity contribution in [1.82, 2.24) is 0 Å². The lowest BCUT2D eigenvalue weighted by Gasteiger charge is -2.16. The van der Waals surface area contributed by atoms with Crippen molar-refractivity contribution in [3.05, 3.63) is 0 Å². The zero-order valence-electron chi connectivity index (χ0n) is 7.10. The molecule has 1 atom stereocenters. The Balaban J connectivity index is 2.28. The third-order valence-corrected chi connectivity index (χ3v) is 2.44. The highest BCUT2D eigenvalue weighted by atomic mass is 16.5. The molecule has 0 aromatic rings. The molecule has 0 radical (unpaired) electrons. The van der Waals surface area contributed by atoms with Gasteiger partial charge in [0, 0.05) is 13.2 Å². The molecule has 0 aliphatic carbocycles. The first-order chi connectivity index (χ1) is 4.80. The minimum Gasteiger partial charge on any atom is -0.381 e. The van der Waals surface area contributed by atoms with Gasteiger partial charge in [-0.15, -0.1) is 0 Å². The molecular formula is C9H18O. The Hall–Kier alpha value is -0.0400. The fraction of sp³-hybridized carbons (Fsp3) is 1.00. The Morgan fingerprint density at radius 2 is 2.00 bits per heavy atom. The summed E-state index contributed by atoms with van der Waals surface area (Å²) in [5.41, 5.74) is 0. The molecule has 1 heterocycles. The van der Waals surface area contributed by atoms with Crippen molar-refractivity contribution in [3.8, 4) is 0 Å². The van der Waals surface area contributed by atoms with Gasteiger partial charge in [0.15, 0.2) is 0 Å². The van der Waals surface area contributed by atoms with Gasteiger partial charge in [-0.25, -0.2) is 0 Å². The van der Waals surface area contributed by atoms with Crippen LogP contribution in [0.15, 0.2) is 0 Å². The zero-order valence-corrected chi connectivity index (χ0v) is 7.10. The SMILES string of the molecule is CC(C)C1CCCOCC1. The summed E-state index contributed by atoms with van der Waals surface area (Å²) in [5.74, 6) is 1.77. The van der Waals surface area contributed by atoms with Gasteiger partial charge in [0.25, 0.3) is 0 Å². The van der Waals surface area contributed by atoms with Gasteiger partial charge in [-0.2, -0.15) is 0 Å². The third-order valence-electron chi connectivity index (χ3n) is 2.44. The molecule has 1 saturated heterocycles. The molecule has 1 heteroatoms. The average molecular weight is 142 g/mol. The fourth-order valence-corrected chi connectivity index (χ4v) is 1.60. The van der Waals surface area contributed by atoms with Gasteiger partial charge in [0.05, 0.1) is 0 Å². The molecule has 1 rings (SSSR count). The molecule has 0 bridgehead atoms. The average Bonchev–Trinajstić information content (AvgIpc) is 2.12. The van der Waals surface area contributed by atoms with Crippen molar-refractivity contribution in [2.24, 2.45) is 11.8 Å². The number of ether oxygens (including phenoxy) is 1. The summed E-state index contributed by atoms with van der Waals surface area (Å²) < 4.78 is 5.37. The van der Waals surface area contributed by atoms with Crippen LogP contribution in [0.1, 0.15) is 33.1 Å². The van der Waals surface area contributed by atoms with Crippen LogP contribution in [-0.2, 0) is 4.74 Å². The van der Waals surface area contributed by atoms with Crippen molar-refractivity contribution < 1.29 is 4.74 Å². The molecule has 0 spiro atoms. The van der Waals surface area contributed by atoms with E-state index in [1.807, 2.05) is 0 Å². The van der Waals surface area contributed by atoms with E-state index >= 15 is 0 Å². The molecule has 1 aliphatic rings. The van der Waals surface area contributed by atoms with E-state index in [0.717, 1.165) is 25.0 Å². The van der Waals surface area contributed by atoms with E-state index < -0.39 is 0 Å². The first-order valence-electron chi connectivity index (χ1n) is 4.38. The molecule has 10 heavy (non-hydrogen) atoms. The maximum atomic E-state index is 5.37. The second-order valence-electron chi connectivity index (χ2n) is 3.55. The summed E-state index contributed by atoms with van der Waals surface area (Å²) >= 11 is 0. The van der Waals surface area contributed by atoms with Gasteiger partial charge < -0.3 is 4.74 Å². The number of hydrogen-bond acceptors (Lipinski definition) is 1. The lowest BCUT2D eigenvalue weighted by molar-refractivity contribution is 0.139. The van der Waals surface area contributed by atoms with E-state index in [9.17, 15) is 0 Å². The molecular weight excluding hydrogens is 124 g/mol. The van der Waals surface area contributed by atoms with Gasteiger partial charge >= 0.3 is 0 Å². The monoisotopic (exact) mass is 142 g/mol. The van der Waals surface area contributed by atoms with E-state index in [4.69, 9.17) is 4.74 Å². The van der Waals surface area contributed by atoms with Crippen molar-refractivity contribution in [2.75, 3.05) is 13.2 Å². The summed E-state index contributed by atoms with van der Waals surface area (Å²) in [6, 6.07) is 0. The fourth-order valence-electron chi connectivity index (χ4n) is 1.60. The van der Waals surface area contributed by atoms with Gasteiger partial charge in [-0.1, -0.05) is 13.8 Å². The molecule has 0 amide bonds. The van der Waals surface area contributed by atoms with Gasteiger partial charge in [-0.3, -0.25) is 0 Å². The van der Waals surface area contributed by atoms with Crippen LogP contribution in [0.2, 0.25) is 0 Å². The highest BCUT2D eigenvalue weighted by molar-refractivity contribution is 4.65. The summed E-state index contributed by atoms with van der Waals surface area (Å²) in [6.45, 7) is 6.61. The van der Waals surface area contributed by atoms with Crippen molar-refractivity contribution in [2.45, 2.75) is 33.1 Å². The number of hydrogen-bond donors (Lipinski definition) is 0. The van der Waals surface area contributed by atoms with Crippen LogP contribution in [0.4, 0.5) is 0 Å².